The SMILES string of the molecule is Cc1nnc(C(C)(C)C(=O)O)s1. The summed E-state index contributed by atoms with van der Waals surface area (Å²) in [6, 6.07) is 0. The van der Waals surface area contributed by atoms with Crippen LogP contribution in [-0.4, -0.2) is 21.3 Å². The summed E-state index contributed by atoms with van der Waals surface area (Å²) in [7, 11) is 0. The number of rotatable bonds is 2. The number of carbonyl (C=O) groups is 1. The van der Waals surface area contributed by atoms with Gasteiger partial charge in [0.1, 0.15) is 15.4 Å². The quantitative estimate of drug-likeness (QED) is 0.754. The number of carboxylic acid groups (broad SMARTS) is 1. The highest BCUT2D eigenvalue weighted by atomic mass is 32.1. The van der Waals surface area contributed by atoms with E-state index in [1.165, 1.54) is 11.3 Å². The zero-order valence-electron chi connectivity index (χ0n) is 7.16. The van der Waals surface area contributed by atoms with Gasteiger partial charge in [-0.05, 0) is 20.8 Å². The molecule has 0 saturated carbocycles. The number of hydrogen-bond acceptors (Lipinski definition) is 4. The zero-order chi connectivity index (χ0) is 9.35. The average molecular weight is 186 g/mol. The van der Waals surface area contributed by atoms with Crippen molar-refractivity contribution >= 4 is 17.3 Å². The summed E-state index contributed by atoms with van der Waals surface area (Å²) in [5, 5.41) is 17.7. The van der Waals surface area contributed by atoms with Crippen molar-refractivity contribution in [2.45, 2.75) is 26.2 Å². The first-order chi connectivity index (χ1) is 5.44. The van der Waals surface area contributed by atoms with Crippen LogP contribution < -0.4 is 0 Å². The molecular formula is C7H10N2O2S. The van der Waals surface area contributed by atoms with E-state index < -0.39 is 11.4 Å². The van der Waals surface area contributed by atoms with Crippen LogP contribution in [0.4, 0.5) is 0 Å². The molecule has 0 amide bonds. The molecule has 0 fully saturated rings. The Labute approximate surface area is 74.3 Å². The van der Waals surface area contributed by atoms with Gasteiger partial charge >= 0.3 is 5.97 Å². The van der Waals surface area contributed by atoms with Gasteiger partial charge in [0.2, 0.25) is 0 Å². The van der Waals surface area contributed by atoms with Crippen LogP contribution in [0.3, 0.4) is 0 Å². The van der Waals surface area contributed by atoms with E-state index in [9.17, 15) is 4.79 Å². The number of aromatic nitrogens is 2. The average Bonchev–Trinajstić information content (AvgIpc) is 2.35. The molecule has 4 nitrogen and oxygen atoms in total. The number of carboxylic acids is 1. The number of hydrogen-bond donors (Lipinski definition) is 1. The zero-order valence-corrected chi connectivity index (χ0v) is 7.97. The molecule has 12 heavy (non-hydrogen) atoms. The minimum atomic E-state index is -0.925. The van der Waals surface area contributed by atoms with Gasteiger partial charge in [-0.3, -0.25) is 4.79 Å². The van der Waals surface area contributed by atoms with E-state index >= 15 is 0 Å². The van der Waals surface area contributed by atoms with Gasteiger partial charge in [0.05, 0.1) is 0 Å². The maximum Gasteiger partial charge on any atom is 0.316 e. The lowest BCUT2D eigenvalue weighted by molar-refractivity contribution is -0.142. The Hall–Kier alpha value is -0.970. The van der Waals surface area contributed by atoms with E-state index in [1.807, 2.05) is 0 Å². The summed E-state index contributed by atoms with van der Waals surface area (Å²) in [4.78, 5) is 10.8. The Morgan fingerprint density at radius 1 is 1.50 bits per heavy atom. The van der Waals surface area contributed by atoms with Crippen LogP contribution in [0.1, 0.15) is 23.9 Å². The third kappa shape index (κ3) is 1.45. The van der Waals surface area contributed by atoms with Crippen LogP contribution in [0.25, 0.3) is 0 Å². The largest absolute Gasteiger partial charge is 0.481 e. The minimum absolute atomic E-state index is 0.549. The molecule has 0 atom stereocenters. The normalized spacial score (nSPS) is 11.6. The molecule has 0 saturated heterocycles. The number of aryl methyl sites for hydroxylation is 1. The Morgan fingerprint density at radius 2 is 2.08 bits per heavy atom. The lowest BCUT2D eigenvalue weighted by Crippen LogP contribution is -2.28. The van der Waals surface area contributed by atoms with Crippen molar-refractivity contribution < 1.29 is 9.90 Å². The van der Waals surface area contributed by atoms with Crippen molar-refractivity contribution in [1.29, 1.82) is 0 Å². The van der Waals surface area contributed by atoms with E-state index in [0.29, 0.717) is 5.01 Å². The van der Waals surface area contributed by atoms with E-state index in [2.05, 4.69) is 10.2 Å². The summed E-state index contributed by atoms with van der Waals surface area (Å²) in [5.74, 6) is -0.876. The van der Waals surface area contributed by atoms with Gasteiger partial charge in [0.15, 0.2) is 0 Å². The summed E-state index contributed by atoms with van der Waals surface area (Å²) in [6.45, 7) is 5.05. The molecular weight excluding hydrogens is 176 g/mol. The minimum Gasteiger partial charge on any atom is -0.481 e. The first-order valence-corrected chi connectivity index (χ1v) is 4.30. The highest BCUT2D eigenvalue weighted by molar-refractivity contribution is 7.11. The summed E-state index contributed by atoms with van der Waals surface area (Å²) >= 11 is 1.32. The third-order valence-electron chi connectivity index (χ3n) is 1.60. The van der Waals surface area contributed by atoms with Crippen molar-refractivity contribution in [2.24, 2.45) is 0 Å². The van der Waals surface area contributed by atoms with Crippen molar-refractivity contribution in [3.05, 3.63) is 10.0 Å². The summed E-state index contributed by atoms with van der Waals surface area (Å²) in [6.07, 6.45) is 0. The Morgan fingerprint density at radius 3 is 2.42 bits per heavy atom. The van der Waals surface area contributed by atoms with Crippen molar-refractivity contribution in [3.8, 4) is 0 Å². The molecule has 0 bridgehead atoms. The predicted molar refractivity (Wildman–Crippen MR) is 45.3 cm³/mol. The van der Waals surface area contributed by atoms with Gasteiger partial charge in [0.25, 0.3) is 0 Å². The summed E-state index contributed by atoms with van der Waals surface area (Å²) in [5.41, 5.74) is -0.925. The van der Waals surface area contributed by atoms with E-state index in [0.717, 1.165) is 5.01 Å². The highest BCUT2D eigenvalue weighted by Crippen LogP contribution is 2.25. The fraction of sp³-hybridized carbons (Fsp3) is 0.571. The van der Waals surface area contributed by atoms with Crippen LogP contribution in [0.2, 0.25) is 0 Å². The highest BCUT2D eigenvalue weighted by Gasteiger charge is 2.33. The van der Waals surface area contributed by atoms with Gasteiger partial charge in [-0.15, -0.1) is 21.5 Å². The molecule has 0 aliphatic heterocycles. The molecule has 0 spiro atoms. The molecule has 1 aromatic rings. The molecule has 1 N–H and O–H groups in total. The summed E-state index contributed by atoms with van der Waals surface area (Å²) < 4.78 is 0. The van der Waals surface area contributed by atoms with Gasteiger partial charge in [-0.2, -0.15) is 0 Å². The topological polar surface area (TPSA) is 63.1 Å². The fourth-order valence-electron chi connectivity index (χ4n) is 0.641. The van der Waals surface area contributed by atoms with Gasteiger partial charge in [-0.25, -0.2) is 0 Å². The first kappa shape index (κ1) is 9.12. The van der Waals surface area contributed by atoms with E-state index in [1.54, 1.807) is 20.8 Å². The Balaban J connectivity index is 3.05. The Bertz CT molecular complexity index is 306. The van der Waals surface area contributed by atoms with Crippen LogP contribution in [0, 0.1) is 6.92 Å². The van der Waals surface area contributed by atoms with Crippen molar-refractivity contribution in [1.82, 2.24) is 10.2 Å². The molecule has 0 aliphatic rings. The van der Waals surface area contributed by atoms with Crippen LogP contribution in [-0.2, 0) is 10.2 Å². The van der Waals surface area contributed by atoms with Crippen molar-refractivity contribution in [3.63, 3.8) is 0 Å². The van der Waals surface area contributed by atoms with Crippen LogP contribution >= 0.6 is 11.3 Å². The monoisotopic (exact) mass is 186 g/mol. The van der Waals surface area contributed by atoms with E-state index in [4.69, 9.17) is 5.11 Å². The maximum absolute atomic E-state index is 10.8. The molecule has 0 unspecified atom stereocenters. The molecule has 1 rings (SSSR count). The second-order valence-electron chi connectivity index (χ2n) is 3.06. The third-order valence-corrected chi connectivity index (χ3v) is 2.76. The molecule has 5 heteroatoms. The van der Waals surface area contributed by atoms with Gasteiger partial charge < -0.3 is 5.11 Å². The first-order valence-electron chi connectivity index (χ1n) is 3.48. The maximum atomic E-state index is 10.8. The standard InChI is InChI=1S/C7H10N2O2S/c1-4-8-9-5(12-4)7(2,3)6(10)11/h1-3H3,(H,10,11). The fourth-order valence-corrected chi connectivity index (χ4v) is 1.43. The molecule has 0 aromatic carbocycles. The van der Waals surface area contributed by atoms with E-state index in [-0.39, 0.29) is 0 Å². The van der Waals surface area contributed by atoms with Gasteiger partial charge in [0, 0.05) is 0 Å². The molecule has 1 heterocycles. The molecule has 66 valence electrons. The lowest BCUT2D eigenvalue weighted by atomic mass is 9.95. The molecule has 0 radical (unpaired) electrons. The van der Waals surface area contributed by atoms with Crippen molar-refractivity contribution in [2.75, 3.05) is 0 Å². The van der Waals surface area contributed by atoms with Gasteiger partial charge in [-0.1, -0.05) is 0 Å². The Kier molecular flexibility index (Phi) is 2.14. The second-order valence-corrected chi connectivity index (χ2v) is 4.24. The smallest absolute Gasteiger partial charge is 0.316 e. The van der Waals surface area contributed by atoms with Crippen LogP contribution in [0.15, 0.2) is 0 Å². The second kappa shape index (κ2) is 2.82. The number of nitrogens with zero attached hydrogens (tertiary/aromatic N) is 2. The van der Waals surface area contributed by atoms with Crippen LogP contribution in [0.5, 0.6) is 0 Å². The lowest BCUT2D eigenvalue weighted by Gasteiger charge is -2.13. The number of aliphatic carboxylic acids is 1. The molecule has 1 aromatic heterocycles. The predicted octanol–water partition coefficient (Wildman–Crippen LogP) is 1.21. The molecule has 0 aliphatic carbocycles.